The Labute approximate surface area is 159 Å². The Kier molecular flexibility index (Phi) is 4.28. The predicted octanol–water partition coefficient (Wildman–Crippen LogP) is 2.51. The monoisotopic (exact) mass is 377 g/mol. The van der Waals surface area contributed by atoms with E-state index < -0.39 is 11.0 Å². The van der Waals surface area contributed by atoms with E-state index in [1.54, 1.807) is 48.3 Å². The van der Waals surface area contributed by atoms with E-state index in [0.717, 1.165) is 0 Å². The van der Waals surface area contributed by atoms with Crippen LogP contribution in [0.15, 0.2) is 66.4 Å². The number of amides is 1. The molecule has 1 aliphatic heterocycles. The van der Waals surface area contributed by atoms with Gasteiger partial charge in [-0.05, 0) is 36.8 Å². The first kappa shape index (κ1) is 17.3. The molecule has 10 heteroatoms. The lowest BCUT2D eigenvalue weighted by Gasteiger charge is -2.28. The number of carbonyl (C=O) groups excluding carboxylic acids is 1. The molecule has 3 heterocycles. The Hall–Kier alpha value is -4.08. The Bertz CT molecular complexity index is 1070. The number of benzene rings is 1. The summed E-state index contributed by atoms with van der Waals surface area (Å²) in [6, 6.07) is 8.91. The molecule has 1 aromatic carbocycles. The third-order valence-electron chi connectivity index (χ3n) is 4.38. The second-order valence-electron chi connectivity index (χ2n) is 6.14. The fourth-order valence-corrected chi connectivity index (χ4v) is 3.11. The fourth-order valence-electron chi connectivity index (χ4n) is 3.11. The molecule has 0 spiro atoms. The highest BCUT2D eigenvalue weighted by atomic mass is 16.6. The average molecular weight is 377 g/mol. The van der Waals surface area contributed by atoms with Crippen molar-refractivity contribution in [1.82, 2.24) is 19.7 Å². The number of aromatic nitrogens is 4. The molecule has 10 nitrogen and oxygen atoms in total. The molecule has 0 radical (unpaired) electrons. The highest BCUT2D eigenvalue weighted by molar-refractivity contribution is 6.05. The molecule has 2 aromatic heterocycles. The number of pyridine rings is 1. The molecule has 2 N–H and O–H groups in total. The van der Waals surface area contributed by atoms with Crippen LogP contribution in [-0.2, 0) is 4.79 Å². The normalized spacial score (nSPS) is 15.5. The summed E-state index contributed by atoms with van der Waals surface area (Å²) in [5.41, 5.74) is 2.24. The summed E-state index contributed by atoms with van der Waals surface area (Å²) < 4.78 is 1.58. The van der Waals surface area contributed by atoms with E-state index in [0.29, 0.717) is 28.5 Å². The van der Waals surface area contributed by atoms with Crippen molar-refractivity contribution in [3.8, 4) is 0 Å². The third-order valence-corrected chi connectivity index (χ3v) is 4.38. The summed E-state index contributed by atoms with van der Waals surface area (Å²) in [5, 5.41) is 21.1. The molecule has 1 atom stereocenters. The summed E-state index contributed by atoms with van der Waals surface area (Å²) >= 11 is 0. The van der Waals surface area contributed by atoms with Crippen molar-refractivity contribution in [3.05, 3.63) is 82.1 Å². The first-order chi connectivity index (χ1) is 13.5. The van der Waals surface area contributed by atoms with Gasteiger partial charge < -0.3 is 10.6 Å². The van der Waals surface area contributed by atoms with Gasteiger partial charge in [0.1, 0.15) is 12.4 Å². The molecule has 4 rings (SSSR count). The molecule has 1 amide bonds. The SMILES string of the molecule is CC1=C(C(=O)Nc2cccnc2)C(c2ccc([N+](=O)[O-])cc2)n2ncnc2N1. The molecule has 0 saturated carbocycles. The van der Waals surface area contributed by atoms with E-state index in [1.165, 1.54) is 18.5 Å². The Balaban J connectivity index is 1.76. The molecule has 28 heavy (non-hydrogen) atoms. The minimum atomic E-state index is -0.587. The average Bonchev–Trinajstić information content (AvgIpc) is 3.15. The van der Waals surface area contributed by atoms with Crippen molar-refractivity contribution in [2.45, 2.75) is 13.0 Å². The number of anilines is 2. The van der Waals surface area contributed by atoms with Crippen molar-refractivity contribution in [3.63, 3.8) is 0 Å². The number of carbonyl (C=O) groups is 1. The van der Waals surface area contributed by atoms with Crippen molar-refractivity contribution in [2.75, 3.05) is 10.6 Å². The standard InChI is InChI=1S/C18H15N7O3/c1-11-15(17(26)23-13-3-2-8-19-9-13)16(24-18(22-11)20-10-21-24)12-4-6-14(7-5-12)25(27)28/h2-10,16H,1H3,(H,23,26)(H,20,21,22). The number of non-ortho nitro benzene ring substituents is 1. The minimum absolute atomic E-state index is 0.0291. The van der Waals surface area contributed by atoms with Crippen LogP contribution in [0.2, 0.25) is 0 Å². The molecule has 0 aliphatic carbocycles. The maximum absolute atomic E-state index is 13.1. The van der Waals surface area contributed by atoms with E-state index in [-0.39, 0.29) is 11.6 Å². The van der Waals surface area contributed by atoms with Crippen molar-refractivity contribution >= 4 is 23.2 Å². The number of allylic oxidation sites excluding steroid dienone is 1. The number of nitrogens with one attached hydrogen (secondary N) is 2. The van der Waals surface area contributed by atoms with Gasteiger partial charge in [-0.3, -0.25) is 19.9 Å². The quantitative estimate of drug-likeness (QED) is 0.528. The van der Waals surface area contributed by atoms with E-state index in [1.807, 2.05) is 0 Å². The highest BCUT2D eigenvalue weighted by Gasteiger charge is 2.33. The highest BCUT2D eigenvalue weighted by Crippen LogP contribution is 2.35. The van der Waals surface area contributed by atoms with Crippen LogP contribution < -0.4 is 10.6 Å². The van der Waals surface area contributed by atoms with Crippen molar-refractivity contribution < 1.29 is 9.72 Å². The van der Waals surface area contributed by atoms with E-state index in [2.05, 4.69) is 25.7 Å². The van der Waals surface area contributed by atoms with Gasteiger partial charge in [0.25, 0.3) is 11.6 Å². The number of fused-ring (bicyclic) bond motifs is 1. The van der Waals surface area contributed by atoms with Gasteiger partial charge in [-0.2, -0.15) is 10.1 Å². The molecule has 1 unspecified atom stereocenters. The van der Waals surface area contributed by atoms with Gasteiger partial charge >= 0.3 is 0 Å². The van der Waals surface area contributed by atoms with Gasteiger partial charge in [0.05, 0.1) is 22.4 Å². The summed E-state index contributed by atoms with van der Waals surface area (Å²) in [6.07, 6.45) is 4.55. The first-order valence-corrected chi connectivity index (χ1v) is 8.37. The number of nitrogens with zero attached hydrogens (tertiary/aromatic N) is 5. The lowest BCUT2D eigenvalue weighted by Crippen LogP contribution is -2.31. The van der Waals surface area contributed by atoms with Crippen LogP contribution in [0.3, 0.4) is 0 Å². The third kappa shape index (κ3) is 3.07. The van der Waals surface area contributed by atoms with Gasteiger partial charge in [0.2, 0.25) is 5.95 Å². The lowest BCUT2D eigenvalue weighted by molar-refractivity contribution is -0.384. The molecular formula is C18H15N7O3. The second-order valence-corrected chi connectivity index (χ2v) is 6.14. The predicted molar refractivity (Wildman–Crippen MR) is 100 cm³/mol. The van der Waals surface area contributed by atoms with Gasteiger partial charge in [0.15, 0.2) is 0 Å². The lowest BCUT2D eigenvalue weighted by atomic mass is 9.95. The maximum Gasteiger partial charge on any atom is 0.269 e. The van der Waals surface area contributed by atoms with Crippen LogP contribution in [-0.4, -0.2) is 30.6 Å². The molecule has 140 valence electrons. The van der Waals surface area contributed by atoms with E-state index in [9.17, 15) is 14.9 Å². The molecule has 0 saturated heterocycles. The largest absolute Gasteiger partial charge is 0.328 e. The van der Waals surface area contributed by atoms with Crippen LogP contribution >= 0.6 is 0 Å². The number of nitro benzene ring substituents is 1. The van der Waals surface area contributed by atoms with E-state index >= 15 is 0 Å². The molecule has 0 bridgehead atoms. The Morgan fingerprint density at radius 3 is 2.75 bits per heavy atom. The van der Waals surface area contributed by atoms with Crippen LogP contribution in [0.5, 0.6) is 0 Å². The zero-order valence-corrected chi connectivity index (χ0v) is 14.7. The van der Waals surface area contributed by atoms with Gasteiger partial charge in [-0.15, -0.1) is 0 Å². The van der Waals surface area contributed by atoms with Gasteiger partial charge in [0, 0.05) is 24.0 Å². The smallest absolute Gasteiger partial charge is 0.269 e. The number of hydrogen-bond donors (Lipinski definition) is 2. The van der Waals surface area contributed by atoms with Gasteiger partial charge in [-0.25, -0.2) is 4.68 Å². The number of hydrogen-bond acceptors (Lipinski definition) is 7. The van der Waals surface area contributed by atoms with Crippen LogP contribution in [0.1, 0.15) is 18.5 Å². The summed E-state index contributed by atoms with van der Waals surface area (Å²) in [6.45, 7) is 1.77. The number of rotatable bonds is 4. The van der Waals surface area contributed by atoms with Crippen LogP contribution in [0.25, 0.3) is 0 Å². The zero-order valence-electron chi connectivity index (χ0n) is 14.7. The van der Waals surface area contributed by atoms with Crippen LogP contribution in [0.4, 0.5) is 17.3 Å². The topological polar surface area (TPSA) is 128 Å². The summed E-state index contributed by atoms with van der Waals surface area (Å²) in [4.78, 5) is 31.7. The Morgan fingerprint density at radius 2 is 2.07 bits per heavy atom. The second kappa shape index (κ2) is 6.91. The fraction of sp³-hybridized carbons (Fsp3) is 0.111. The van der Waals surface area contributed by atoms with Crippen molar-refractivity contribution in [2.24, 2.45) is 0 Å². The number of nitro groups is 1. The minimum Gasteiger partial charge on any atom is -0.328 e. The summed E-state index contributed by atoms with van der Waals surface area (Å²) in [7, 11) is 0. The van der Waals surface area contributed by atoms with E-state index in [4.69, 9.17) is 0 Å². The first-order valence-electron chi connectivity index (χ1n) is 8.37. The molecular weight excluding hydrogens is 362 g/mol. The Morgan fingerprint density at radius 1 is 1.29 bits per heavy atom. The maximum atomic E-state index is 13.1. The molecule has 3 aromatic rings. The molecule has 1 aliphatic rings. The van der Waals surface area contributed by atoms with Gasteiger partial charge in [-0.1, -0.05) is 0 Å². The van der Waals surface area contributed by atoms with Crippen molar-refractivity contribution in [1.29, 1.82) is 0 Å². The zero-order chi connectivity index (χ0) is 19.7. The summed E-state index contributed by atoms with van der Waals surface area (Å²) in [5.74, 6) is 0.154. The van der Waals surface area contributed by atoms with Crippen LogP contribution in [0, 0.1) is 10.1 Å². The molecule has 0 fully saturated rings.